The molecule has 0 amide bonds. The number of hydrazine groups is 1. The smallest absolute Gasteiger partial charge is 0.0354 e. The van der Waals surface area contributed by atoms with Gasteiger partial charge in [-0.05, 0) is 19.3 Å². The van der Waals surface area contributed by atoms with E-state index in [-0.39, 0.29) is 0 Å². The second kappa shape index (κ2) is 3.32. The maximum atomic E-state index is 3.45. The number of nitrogens with zero attached hydrogens (tertiary/aromatic N) is 2. The van der Waals surface area contributed by atoms with Gasteiger partial charge in [-0.2, -0.15) is 0 Å². The monoisotopic (exact) mass is 169 g/mol. The van der Waals surface area contributed by atoms with Gasteiger partial charge in [0.25, 0.3) is 0 Å². The van der Waals surface area contributed by atoms with Crippen LogP contribution in [-0.4, -0.2) is 49.2 Å². The molecule has 0 radical (unpaired) electrons. The molecule has 70 valence electrons. The van der Waals surface area contributed by atoms with Gasteiger partial charge < -0.3 is 0 Å². The van der Waals surface area contributed by atoms with Crippen molar-refractivity contribution in [3.05, 3.63) is 0 Å². The highest BCUT2D eigenvalue weighted by molar-refractivity contribution is 4.91. The van der Waals surface area contributed by atoms with Gasteiger partial charge in [-0.25, -0.2) is 0 Å². The Labute approximate surface area is 74.7 Å². The number of hydrogen-bond acceptors (Lipinski definition) is 3. The fourth-order valence-corrected chi connectivity index (χ4v) is 2.03. The summed E-state index contributed by atoms with van der Waals surface area (Å²) in [7, 11) is 4.14. The average molecular weight is 169 g/mol. The van der Waals surface area contributed by atoms with Crippen molar-refractivity contribution >= 4 is 0 Å². The van der Waals surface area contributed by atoms with Crippen LogP contribution in [0, 0.1) is 0 Å². The molecular formula is C9H19N3. The fourth-order valence-electron chi connectivity index (χ4n) is 2.03. The predicted octanol–water partition coefficient (Wildman–Crippen LogP) is 0.289. The summed E-state index contributed by atoms with van der Waals surface area (Å²) in [5, 5.41) is 2.07. The third kappa shape index (κ3) is 1.97. The van der Waals surface area contributed by atoms with E-state index in [0.717, 1.165) is 6.04 Å². The second-order valence-electron chi connectivity index (χ2n) is 4.24. The SMILES string of the molecule is CN(C)NC1CCN(C2CC2)C1. The zero-order valence-electron chi connectivity index (χ0n) is 8.08. The topological polar surface area (TPSA) is 18.5 Å². The van der Waals surface area contributed by atoms with Gasteiger partial charge in [-0.15, -0.1) is 0 Å². The molecule has 12 heavy (non-hydrogen) atoms. The van der Waals surface area contributed by atoms with Gasteiger partial charge in [-0.3, -0.25) is 15.3 Å². The molecule has 2 rings (SSSR count). The fraction of sp³-hybridized carbons (Fsp3) is 1.00. The number of hydrogen-bond donors (Lipinski definition) is 1. The summed E-state index contributed by atoms with van der Waals surface area (Å²) >= 11 is 0. The molecule has 0 aromatic carbocycles. The number of likely N-dealkylation sites (tertiary alicyclic amines) is 1. The van der Waals surface area contributed by atoms with Crippen LogP contribution in [0.2, 0.25) is 0 Å². The molecule has 3 heteroatoms. The largest absolute Gasteiger partial charge is 0.299 e. The van der Waals surface area contributed by atoms with Crippen molar-refractivity contribution in [2.45, 2.75) is 31.3 Å². The molecule has 1 heterocycles. The normalized spacial score (nSPS) is 31.8. The van der Waals surface area contributed by atoms with Crippen LogP contribution in [0.15, 0.2) is 0 Å². The lowest BCUT2D eigenvalue weighted by Crippen LogP contribution is -2.41. The summed E-state index contributed by atoms with van der Waals surface area (Å²) in [5.74, 6) is 0. The van der Waals surface area contributed by atoms with Crippen LogP contribution in [0.1, 0.15) is 19.3 Å². The quantitative estimate of drug-likeness (QED) is 0.613. The highest BCUT2D eigenvalue weighted by Gasteiger charge is 2.34. The van der Waals surface area contributed by atoms with Crippen molar-refractivity contribution in [2.75, 3.05) is 27.2 Å². The Morgan fingerprint density at radius 2 is 2.00 bits per heavy atom. The summed E-state index contributed by atoms with van der Waals surface area (Å²) in [4.78, 5) is 2.63. The van der Waals surface area contributed by atoms with Crippen molar-refractivity contribution in [1.82, 2.24) is 15.3 Å². The summed E-state index contributed by atoms with van der Waals surface area (Å²) in [6, 6.07) is 1.64. The average Bonchev–Trinajstić information content (AvgIpc) is 2.73. The van der Waals surface area contributed by atoms with Crippen LogP contribution < -0.4 is 5.43 Å². The van der Waals surface area contributed by atoms with Crippen molar-refractivity contribution in [2.24, 2.45) is 0 Å². The zero-order valence-corrected chi connectivity index (χ0v) is 8.08. The first-order valence-corrected chi connectivity index (χ1v) is 4.93. The molecular weight excluding hydrogens is 150 g/mol. The van der Waals surface area contributed by atoms with Crippen molar-refractivity contribution in [3.63, 3.8) is 0 Å². The minimum absolute atomic E-state index is 0.695. The molecule has 0 spiro atoms. The van der Waals surface area contributed by atoms with Crippen LogP contribution in [0.5, 0.6) is 0 Å². The van der Waals surface area contributed by atoms with Gasteiger partial charge in [-0.1, -0.05) is 0 Å². The number of nitrogens with one attached hydrogen (secondary N) is 1. The lowest BCUT2D eigenvalue weighted by atomic mass is 10.3. The van der Waals surface area contributed by atoms with Gasteiger partial charge in [0, 0.05) is 39.3 Å². The molecule has 0 aromatic rings. The third-order valence-electron chi connectivity index (χ3n) is 2.72. The minimum Gasteiger partial charge on any atom is -0.299 e. The maximum absolute atomic E-state index is 3.45. The van der Waals surface area contributed by atoms with Crippen LogP contribution in [0.25, 0.3) is 0 Å². The van der Waals surface area contributed by atoms with Gasteiger partial charge >= 0.3 is 0 Å². The Morgan fingerprint density at radius 3 is 2.58 bits per heavy atom. The van der Waals surface area contributed by atoms with Gasteiger partial charge in [0.05, 0.1) is 0 Å². The van der Waals surface area contributed by atoms with Crippen molar-refractivity contribution in [3.8, 4) is 0 Å². The Morgan fingerprint density at radius 1 is 1.25 bits per heavy atom. The lowest BCUT2D eigenvalue weighted by molar-refractivity contribution is 0.232. The van der Waals surface area contributed by atoms with Crippen LogP contribution >= 0.6 is 0 Å². The predicted molar refractivity (Wildman–Crippen MR) is 49.8 cm³/mol. The standard InChI is InChI=1S/C9H19N3/c1-11(2)10-8-5-6-12(7-8)9-3-4-9/h8-10H,3-7H2,1-2H3. The van der Waals surface area contributed by atoms with E-state index < -0.39 is 0 Å². The summed E-state index contributed by atoms with van der Waals surface area (Å²) in [6.45, 7) is 2.55. The summed E-state index contributed by atoms with van der Waals surface area (Å²) in [5.41, 5.74) is 3.45. The van der Waals surface area contributed by atoms with Gasteiger partial charge in [0.2, 0.25) is 0 Å². The third-order valence-corrected chi connectivity index (χ3v) is 2.72. The van der Waals surface area contributed by atoms with E-state index in [1.165, 1.54) is 32.4 Å². The molecule has 0 bridgehead atoms. The van der Waals surface area contributed by atoms with E-state index >= 15 is 0 Å². The van der Waals surface area contributed by atoms with Gasteiger partial charge in [0.1, 0.15) is 0 Å². The molecule has 3 nitrogen and oxygen atoms in total. The molecule has 1 N–H and O–H groups in total. The molecule has 1 aliphatic carbocycles. The van der Waals surface area contributed by atoms with E-state index in [1.807, 2.05) is 0 Å². The molecule has 2 fully saturated rings. The summed E-state index contributed by atoms with van der Waals surface area (Å²) in [6.07, 6.45) is 4.19. The Balaban J connectivity index is 1.73. The molecule has 1 unspecified atom stereocenters. The van der Waals surface area contributed by atoms with Gasteiger partial charge in [0.15, 0.2) is 0 Å². The first kappa shape index (κ1) is 8.48. The van der Waals surface area contributed by atoms with E-state index in [2.05, 4.69) is 29.4 Å². The Bertz CT molecular complexity index is 154. The number of rotatable bonds is 3. The summed E-state index contributed by atoms with van der Waals surface area (Å²) < 4.78 is 0. The molecule has 2 aliphatic rings. The minimum atomic E-state index is 0.695. The van der Waals surface area contributed by atoms with Crippen LogP contribution in [0.4, 0.5) is 0 Å². The van der Waals surface area contributed by atoms with E-state index in [0.29, 0.717) is 6.04 Å². The van der Waals surface area contributed by atoms with Crippen molar-refractivity contribution in [1.29, 1.82) is 0 Å². The first-order valence-electron chi connectivity index (χ1n) is 4.93. The zero-order chi connectivity index (χ0) is 8.55. The van der Waals surface area contributed by atoms with Crippen LogP contribution in [0.3, 0.4) is 0 Å². The van der Waals surface area contributed by atoms with E-state index in [1.54, 1.807) is 0 Å². The molecule has 1 atom stereocenters. The Hall–Kier alpha value is -0.120. The Kier molecular flexibility index (Phi) is 2.35. The first-order chi connectivity index (χ1) is 5.75. The maximum Gasteiger partial charge on any atom is 0.0354 e. The molecule has 1 saturated heterocycles. The highest BCUT2D eigenvalue weighted by atomic mass is 15.5. The lowest BCUT2D eigenvalue weighted by Gasteiger charge is -2.19. The van der Waals surface area contributed by atoms with Crippen LogP contribution in [-0.2, 0) is 0 Å². The van der Waals surface area contributed by atoms with Crippen molar-refractivity contribution < 1.29 is 0 Å². The van der Waals surface area contributed by atoms with E-state index in [9.17, 15) is 0 Å². The molecule has 0 aromatic heterocycles. The molecule has 1 aliphatic heterocycles. The highest BCUT2D eigenvalue weighted by Crippen LogP contribution is 2.29. The molecule has 1 saturated carbocycles. The second-order valence-corrected chi connectivity index (χ2v) is 4.24. The van der Waals surface area contributed by atoms with E-state index in [4.69, 9.17) is 0 Å².